The first-order valence-electron chi connectivity index (χ1n) is 5.76. The fourth-order valence-electron chi connectivity index (χ4n) is 2.65. The van der Waals surface area contributed by atoms with E-state index in [1.807, 2.05) is 30.3 Å². The summed E-state index contributed by atoms with van der Waals surface area (Å²) in [6.07, 6.45) is 0.544. The molecule has 1 aromatic carbocycles. The van der Waals surface area contributed by atoms with Crippen molar-refractivity contribution in [1.29, 1.82) is 0 Å². The topological polar surface area (TPSA) is 26.0 Å². The Morgan fingerprint density at radius 3 is 2.50 bits per heavy atom. The van der Waals surface area contributed by atoms with E-state index in [-0.39, 0.29) is 5.92 Å². The van der Waals surface area contributed by atoms with Crippen LogP contribution in [0.2, 0.25) is 0 Å². The van der Waals surface area contributed by atoms with Gasteiger partial charge >= 0.3 is 0 Å². The third kappa shape index (κ3) is 1.96. The van der Waals surface area contributed by atoms with Crippen molar-refractivity contribution in [2.24, 2.45) is 5.73 Å². The largest absolute Gasteiger partial charge is 0.320 e. The van der Waals surface area contributed by atoms with Crippen LogP contribution >= 0.6 is 0 Å². The van der Waals surface area contributed by atoms with Gasteiger partial charge in [0.1, 0.15) is 0 Å². The predicted octanol–water partition coefficient (Wildman–Crippen LogP) is 3.31. The Bertz CT molecular complexity index is 339. The van der Waals surface area contributed by atoms with Crippen molar-refractivity contribution in [3.63, 3.8) is 0 Å². The predicted molar refractivity (Wildman–Crippen MR) is 60.6 cm³/mol. The van der Waals surface area contributed by atoms with Crippen LogP contribution in [0.1, 0.15) is 37.2 Å². The minimum absolute atomic E-state index is 0.206. The fraction of sp³-hybridized carbons (Fsp3) is 0.538. The first-order chi connectivity index (χ1) is 7.64. The number of nitrogens with two attached hydrogens (primary N) is 1. The van der Waals surface area contributed by atoms with E-state index in [0.717, 1.165) is 24.8 Å². The van der Waals surface area contributed by atoms with Crippen LogP contribution in [0.5, 0.6) is 0 Å². The molecule has 1 nitrogen and oxygen atoms in total. The molecule has 0 amide bonds. The molecular formula is C13H17F2N. The smallest absolute Gasteiger partial charge is 0.256 e. The normalized spacial score (nSPS) is 30.6. The van der Waals surface area contributed by atoms with Crippen LogP contribution in [0.25, 0.3) is 0 Å². The zero-order valence-electron chi connectivity index (χ0n) is 9.20. The molecule has 2 unspecified atom stereocenters. The highest BCUT2D eigenvalue weighted by Gasteiger charge is 2.45. The molecule has 1 aromatic rings. The number of benzene rings is 1. The highest BCUT2D eigenvalue weighted by atomic mass is 19.3. The number of rotatable bonds is 2. The molecule has 2 atom stereocenters. The van der Waals surface area contributed by atoms with Gasteiger partial charge in [-0.2, -0.15) is 0 Å². The van der Waals surface area contributed by atoms with Gasteiger partial charge in [0.2, 0.25) is 0 Å². The second-order valence-corrected chi connectivity index (χ2v) is 4.62. The van der Waals surface area contributed by atoms with Gasteiger partial charge in [-0.05, 0) is 18.4 Å². The van der Waals surface area contributed by atoms with Crippen molar-refractivity contribution >= 4 is 0 Å². The summed E-state index contributed by atoms with van der Waals surface area (Å²) in [4.78, 5) is 0. The zero-order valence-corrected chi connectivity index (χ0v) is 9.20. The first-order valence-corrected chi connectivity index (χ1v) is 5.76. The summed E-state index contributed by atoms with van der Waals surface area (Å²) in [6.45, 7) is 0. The van der Waals surface area contributed by atoms with Crippen molar-refractivity contribution in [1.82, 2.24) is 0 Å². The molecular weight excluding hydrogens is 208 g/mol. The minimum Gasteiger partial charge on any atom is -0.320 e. The summed E-state index contributed by atoms with van der Waals surface area (Å²) in [7, 11) is 0. The van der Waals surface area contributed by atoms with Crippen LogP contribution in [0.3, 0.4) is 0 Å². The van der Waals surface area contributed by atoms with Crippen molar-refractivity contribution in [2.75, 3.05) is 0 Å². The molecule has 3 heteroatoms. The fourth-order valence-corrected chi connectivity index (χ4v) is 2.65. The van der Waals surface area contributed by atoms with Crippen molar-refractivity contribution < 1.29 is 8.78 Å². The summed E-state index contributed by atoms with van der Waals surface area (Å²) in [5, 5.41) is 0. The number of hydrogen-bond acceptors (Lipinski definition) is 1. The van der Waals surface area contributed by atoms with E-state index in [1.54, 1.807) is 0 Å². The molecule has 2 rings (SSSR count). The van der Waals surface area contributed by atoms with Gasteiger partial charge in [-0.1, -0.05) is 43.2 Å². The lowest BCUT2D eigenvalue weighted by molar-refractivity contribution is 0.0176. The molecule has 1 aliphatic rings. The molecule has 2 N–H and O–H groups in total. The molecule has 0 heterocycles. The summed E-state index contributed by atoms with van der Waals surface area (Å²) < 4.78 is 26.2. The van der Waals surface area contributed by atoms with E-state index in [1.165, 1.54) is 0 Å². The third-order valence-corrected chi connectivity index (χ3v) is 3.61. The molecule has 1 fully saturated rings. The molecule has 1 aliphatic carbocycles. The lowest BCUT2D eigenvalue weighted by atomic mass is 9.70. The molecule has 88 valence electrons. The van der Waals surface area contributed by atoms with E-state index in [4.69, 9.17) is 5.73 Å². The Morgan fingerprint density at radius 1 is 1.19 bits per heavy atom. The van der Waals surface area contributed by atoms with Gasteiger partial charge < -0.3 is 5.73 Å². The Kier molecular flexibility index (Phi) is 3.24. The molecule has 0 aliphatic heterocycles. The summed E-state index contributed by atoms with van der Waals surface area (Å²) in [5.74, 6) is -0.206. The maximum Gasteiger partial charge on any atom is 0.256 e. The summed E-state index contributed by atoms with van der Waals surface area (Å²) in [5.41, 5.74) is 5.54. The molecule has 0 spiro atoms. The highest BCUT2D eigenvalue weighted by Crippen LogP contribution is 2.42. The quantitative estimate of drug-likeness (QED) is 0.821. The Morgan fingerprint density at radius 2 is 1.88 bits per heavy atom. The monoisotopic (exact) mass is 225 g/mol. The van der Waals surface area contributed by atoms with Gasteiger partial charge in [0.15, 0.2) is 0 Å². The lowest BCUT2D eigenvalue weighted by Gasteiger charge is -2.40. The number of halogens is 2. The molecule has 0 bridgehead atoms. The summed E-state index contributed by atoms with van der Waals surface area (Å²) in [6, 6.07) is 9.47. The van der Waals surface area contributed by atoms with Crippen molar-refractivity contribution in [3.05, 3.63) is 35.9 Å². The van der Waals surface area contributed by atoms with Crippen LogP contribution in [0, 0.1) is 0 Å². The molecule has 1 saturated carbocycles. The minimum atomic E-state index is -2.45. The molecule has 0 saturated heterocycles. The Hall–Kier alpha value is -0.960. The second kappa shape index (κ2) is 4.50. The third-order valence-electron chi connectivity index (χ3n) is 3.61. The average Bonchev–Trinajstić information content (AvgIpc) is 2.30. The van der Waals surface area contributed by atoms with Crippen molar-refractivity contribution in [3.8, 4) is 0 Å². The van der Waals surface area contributed by atoms with Crippen LogP contribution in [-0.2, 0) is 0 Å². The Labute approximate surface area is 94.7 Å². The van der Waals surface area contributed by atoms with Gasteiger partial charge in [0.05, 0.1) is 5.54 Å². The van der Waals surface area contributed by atoms with Gasteiger partial charge in [-0.15, -0.1) is 0 Å². The van der Waals surface area contributed by atoms with Gasteiger partial charge in [0, 0.05) is 5.92 Å². The van der Waals surface area contributed by atoms with Crippen LogP contribution in [0.4, 0.5) is 8.78 Å². The zero-order chi connectivity index (χ0) is 11.6. The van der Waals surface area contributed by atoms with E-state index in [2.05, 4.69) is 0 Å². The first kappa shape index (κ1) is 11.5. The lowest BCUT2D eigenvalue weighted by Crippen LogP contribution is -2.53. The SMILES string of the molecule is NC1(C(F)F)CCCCC1c1ccccc1. The maximum atomic E-state index is 13.1. The van der Waals surface area contributed by atoms with Crippen LogP contribution in [-0.4, -0.2) is 12.0 Å². The molecule has 0 radical (unpaired) electrons. The van der Waals surface area contributed by atoms with E-state index in [0.29, 0.717) is 6.42 Å². The van der Waals surface area contributed by atoms with Crippen LogP contribution < -0.4 is 5.73 Å². The van der Waals surface area contributed by atoms with Gasteiger partial charge in [-0.3, -0.25) is 0 Å². The van der Waals surface area contributed by atoms with Crippen LogP contribution in [0.15, 0.2) is 30.3 Å². The van der Waals surface area contributed by atoms with Gasteiger partial charge in [0.25, 0.3) is 6.43 Å². The van der Waals surface area contributed by atoms with E-state index >= 15 is 0 Å². The average molecular weight is 225 g/mol. The number of hydrogen-bond donors (Lipinski definition) is 1. The number of alkyl halides is 2. The molecule has 0 aromatic heterocycles. The maximum absolute atomic E-state index is 13.1. The highest BCUT2D eigenvalue weighted by molar-refractivity contribution is 5.25. The Balaban J connectivity index is 2.30. The van der Waals surface area contributed by atoms with Gasteiger partial charge in [-0.25, -0.2) is 8.78 Å². The van der Waals surface area contributed by atoms with E-state index < -0.39 is 12.0 Å². The standard InChI is InChI=1S/C13H17F2N/c14-12(15)13(16)9-5-4-8-11(13)10-6-2-1-3-7-10/h1-3,6-7,11-12H,4-5,8-9,16H2. The second-order valence-electron chi connectivity index (χ2n) is 4.62. The molecule has 16 heavy (non-hydrogen) atoms. The van der Waals surface area contributed by atoms with E-state index in [9.17, 15) is 8.78 Å². The van der Waals surface area contributed by atoms with Crippen molar-refractivity contribution in [2.45, 2.75) is 43.6 Å². The summed E-state index contributed by atoms with van der Waals surface area (Å²) >= 11 is 0.